The Morgan fingerprint density at radius 2 is 1.83 bits per heavy atom. The van der Waals surface area contributed by atoms with Gasteiger partial charge in [0.2, 0.25) is 0 Å². The standard InChI is InChI=1S/C15H21ClN2/c16-13-4-3-5-14(18-10-1-2-11-18)15(13)12-6-8-17-9-7-12/h3-5,12,17H,1-2,6-11H2. The second kappa shape index (κ2) is 5.50. The summed E-state index contributed by atoms with van der Waals surface area (Å²) in [7, 11) is 0. The Labute approximate surface area is 114 Å². The van der Waals surface area contributed by atoms with Gasteiger partial charge < -0.3 is 10.2 Å². The number of anilines is 1. The second-order valence-electron chi connectivity index (χ2n) is 5.39. The average molecular weight is 265 g/mol. The van der Waals surface area contributed by atoms with Crippen molar-refractivity contribution >= 4 is 17.3 Å². The molecule has 0 unspecified atom stereocenters. The van der Waals surface area contributed by atoms with Gasteiger partial charge in [-0.05, 0) is 62.4 Å². The molecule has 0 radical (unpaired) electrons. The molecule has 0 amide bonds. The lowest BCUT2D eigenvalue weighted by molar-refractivity contribution is 0.460. The highest BCUT2D eigenvalue weighted by Crippen LogP contribution is 2.39. The van der Waals surface area contributed by atoms with Gasteiger partial charge in [-0.2, -0.15) is 0 Å². The van der Waals surface area contributed by atoms with Gasteiger partial charge in [0.15, 0.2) is 0 Å². The average Bonchev–Trinajstić information content (AvgIpc) is 2.93. The minimum atomic E-state index is 0.635. The van der Waals surface area contributed by atoms with Crippen molar-refractivity contribution in [1.82, 2.24) is 5.32 Å². The van der Waals surface area contributed by atoms with Crippen molar-refractivity contribution in [1.29, 1.82) is 0 Å². The van der Waals surface area contributed by atoms with Gasteiger partial charge in [0, 0.05) is 23.8 Å². The first-order valence-corrected chi connectivity index (χ1v) is 7.48. The van der Waals surface area contributed by atoms with Crippen LogP contribution in [0.2, 0.25) is 5.02 Å². The Morgan fingerprint density at radius 3 is 2.56 bits per heavy atom. The quantitative estimate of drug-likeness (QED) is 0.881. The summed E-state index contributed by atoms with van der Waals surface area (Å²) in [5.41, 5.74) is 2.80. The Morgan fingerprint density at radius 1 is 1.11 bits per heavy atom. The van der Waals surface area contributed by atoms with Crippen LogP contribution in [0.3, 0.4) is 0 Å². The summed E-state index contributed by atoms with van der Waals surface area (Å²) in [6.45, 7) is 4.63. The van der Waals surface area contributed by atoms with Crippen LogP contribution in [0, 0.1) is 0 Å². The van der Waals surface area contributed by atoms with Crippen LogP contribution in [0.5, 0.6) is 0 Å². The molecule has 2 aliphatic heterocycles. The highest BCUT2D eigenvalue weighted by atomic mass is 35.5. The van der Waals surface area contributed by atoms with Crippen molar-refractivity contribution < 1.29 is 0 Å². The smallest absolute Gasteiger partial charge is 0.0461 e. The van der Waals surface area contributed by atoms with Gasteiger partial charge in [0.1, 0.15) is 0 Å². The summed E-state index contributed by atoms with van der Waals surface area (Å²) in [6.07, 6.45) is 5.06. The molecule has 0 saturated carbocycles. The van der Waals surface area contributed by atoms with Gasteiger partial charge in [-0.25, -0.2) is 0 Å². The zero-order valence-corrected chi connectivity index (χ0v) is 11.5. The van der Waals surface area contributed by atoms with E-state index < -0.39 is 0 Å². The topological polar surface area (TPSA) is 15.3 Å². The second-order valence-corrected chi connectivity index (χ2v) is 5.80. The van der Waals surface area contributed by atoms with Crippen LogP contribution in [-0.2, 0) is 0 Å². The molecule has 1 aromatic carbocycles. The summed E-state index contributed by atoms with van der Waals surface area (Å²) < 4.78 is 0. The number of piperidine rings is 1. The van der Waals surface area contributed by atoms with Gasteiger partial charge in [-0.1, -0.05) is 17.7 Å². The molecule has 18 heavy (non-hydrogen) atoms. The highest BCUT2D eigenvalue weighted by Gasteiger charge is 2.24. The predicted octanol–water partition coefficient (Wildman–Crippen LogP) is 3.41. The van der Waals surface area contributed by atoms with Crippen molar-refractivity contribution in [2.75, 3.05) is 31.1 Å². The van der Waals surface area contributed by atoms with Gasteiger partial charge in [-0.3, -0.25) is 0 Å². The Bertz CT molecular complexity index is 407. The van der Waals surface area contributed by atoms with E-state index in [0.717, 1.165) is 18.1 Å². The van der Waals surface area contributed by atoms with Crippen LogP contribution >= 0.6 is 11.6 Å². The maximum absolute atomic E-state index is 6.49. The number of nitrogens with zero attached hydrogens (tertiary/aromatic N) is 1. The maximum atomic E-state index is 6.49. The van der Waals surface area contributed by atoms with E-state index in [0.29, 0.717) is 5.92 Å². The van der Waals surface area contributed by atoms with Gasteiger partial charge in [0.25, 0.3) is 0 Å². The lowest BCUT2D eigenvalue weighted by Gasteiger charge is -2.29. The molecule has 98 valence electrons. The van der Waals surface area contributed by atoms with Crippen LogP contribution in [0.25, 0.3) is 0 Å². The fourth-order valence-electron chi connectivity index (χ4n) is 3.27. The number of halogens is 1. The Hall–Kier alpha value is -0.730. The van der Waals surface area contributed by atoms with E-state index in [9.17, 15) is 0 Å². The highest BCUT2D eigenvalue weighted by molar-refractivity contribution is 6.31. The van der Waals surface area contributed by atoms with E-state index >= 15 is 0 Å². The Balaban J connectivity index is 1.94. The van der Waals surface area contributed by atoms with E-state index in [1.807, 2.05) is 0 Å². The normalized spacial score (nSPS) is 21.5. The molecule has 3 rings (SSSR count). The number of rotatable bonds is 2. The van der Waals surface area contributed by atoms with E-state index in [2.05, 4.69) is 28.4 Å². The molecule has 0 spiro atoms. The molecule has 1 aromatic rings. The fourth-order valence-corrected chi connectivity index (χ4v) is 3.60. The summed E-state index contributed by atoms with van der Waals surface area (Å²) in [4.78, 5) is 2.52. The molecule has 2 saturated heterocycles. The minimum absolute atomic E-state index is 0.635. The molecule has 2 heterocycles. The molecular formula is C15H21ClN2. The van der Waals surface area contributed by atoms with Crippen molar-refractivity contribution in [3.05, 3.63) is 28.8 Å². The molecular weight excluding hydrogens is 244 g/mol. The first kappa shape index (κ1) is 12.3. The molecule has 0 atom stereocenters. The van der Waals surface area contributed by atoms with E-state index in [1.54, 1.807) is 0 Å². The van der Waals surface area contributed by atoms with Crippen LogP contribution in [0.15, 0.2) is 18.2 Å². The molecule has 1 N–H and O–H groups in total. The molecule has 0 aliphatic carbocycles. The third kappa shape index (κ3) is 2.36. The fraction of sp³-hybridized carbons (Fsp3) is 0.600. The molecule has 2 fully saturated rings. The summed E-state index contributed by atoms with van der Waals surface area (Å²) in [5, 5.41) is 4.40. The number of benzene rings is 1. The van der Waals surface area contributed by atoms with Gasteiger partial charge in [0.05, 0.1) is 0 Å². The maximum Gasteiger partial charge on any atom is 0.0461 e. The molecule has 2 nitrogen and oxygen atoms in total. The van der Waals surface area contributed by atoms with Crippen molar-refractivity contribution in [2.24, 2.45) is 0 Å². The third-order valence-corrected chi connectivity index (χ3v) is 4.55. The number of hydrogen-bond acceptors (Lipinski definition) is 2. The van der Waals surface area contributed by atoms with E-state index in [-0.39, 0.29) is 0 Å². The monoisotopic (exact) mass is 264 g/mol. The van der Waals surface area contributed by atoms with Crippen molar-refractivity contribution in [3.63, 3.8) is 0 Å². The van der Waals surface area contributed by atoms with Gasteiger partial charge in [-0.15, -0.1) is 0 Å². The SMILES string of the molecule is Clc1cccc(N2CCCC2)c1C1CCNCC1. The first-order valence-electron chi connectivity index (χ1n) is 7.10. The zero-order chi connectivity index (χ0) is 12.4. The van der Waals surface area contributed by atoms with Crippen LogP contribution in [0.1, 0.15) is 37.2 Å². The molecule has 0 bridgehead atoms. The number of hydrogen-bond donors (Lipinski definition) is 1. The minimum Gasteiger partial charge on any atom is -0.371 e. The lowest BCUT2D eigenvalue weighted by Crippen LogP contribution is -2.28. The lowest BCUT2D eigenvalue weighted by atomic mass is 9.88. The van der Waals surface area contributed by atoms with Crippen LogP contribution in [-0.4, -0.2) is 26.2 Å². The summed E-state index contributed by atoms with van der Waals surface area (Å²) >= 11 is 6.49. The van der Waals surface area contributed by atoms with Crippen molar-refractivity contribution in [3.8, 4) is 0 Å². The third-order valence-electron chi connectivity index (χ3n) is 4.22. The first-order chi connectivity index (χ1) is 8.86. The molecule has 2 aliphatic rings. The number of nitrogens with one attached hydrogen (secondary N) is 1. The summed E-state index contributed by atoms with van der Waals surface area (Å²) in [5.74, 6) is 0.635. The zero-order valence-electron chi connectivity index (χ0n) is 10.8. The van der Waals surface area contributed by atoms with Crippen molar-refractivity contribution in [2.45, 2.75) is 31.6 Å². The van der Waals surface area contributed by atoms with Gasteiger partial charge >= 0.3 is 0 Å². The summed E-state index contributed by atoms with van der Waals surface area (Å²) in [6, 6.07) is 6.41. The predicted molar refractivity (Wildman–Crippen MR) is 77.7 cm³/mol. The molecule has 0 aromatic heterocycles. The van der Waals surface area contributed by atoms with E-state index in [1.165, 1.54) is 50.0 Å². The van der Waals surface area contributed by atoms with E-state index in [4.69, 9.17) is 11.6 Å². The van der Waals surface area contributed by atoms with Crippen LogP contribution < -0.4 is 10.2 Å². The van der Waals surface area contributed by atoms with Crippen LogP contribution in [0.4, 0.5) is 5.69 Å². The molecule has 3 heteroatoms. The largest absolute Gasteiger partial charge is 0.371 e. The Kier molecular flexibility index (Phi) is 3.76.